The Labute approximate surface area is 223 Å². The molecule has 1 fully saturated rings. The third-order valence-corrected chi connectivity index (χ3v) is 6.74. The van der Waals surface area contributed by atoms with Crippen molar-refractivity contribution in [1.29, 1.82) is 0 Å². The molecule has 5 rings (SSSR count). The van der Waals surface area contributed by atoms with Crippen molar-refractivity contribution in [2.45, 2.75) is 6.92 Å². The van der Waals surface area contributed by atoms with Crippen LogP contribution >= 0.6 is 0 Å². The van der Waals surface area contributed by atoms with E-state index < -0.39 is 0 Å². The topological polar surface area (TPSA) is 76.7 Å². The van der Waals surface area contributed by atoms with Gasteiger partial charge in [0, 0.05) is 61.1 Å². The molecule has 0 saturated carbocycles. The van der Waals surface area contributed by atoms with Gasteiger partial charge in [-0.2, -0.15) is 0 Å². The van der Waals surface area contributed by atoms with E-state index in [2.05, 4.69) is 68.9 Å². The summed E-state index contributed by atoms with van der Waals surface area (Å²) in [4.78, 5) is 29.7. The Morgan fingerprint density at radius 1 is 0.974 bits per heavy atom. The minimum absolute atomic E-state index is 0.186. The molecule has 0 radical (unpaired) electrons. The van der Waals surface area contributed by atoms with E-state index in [9.17, 15) is 9.59 Å². The molecule has 2 aliphatic heterocycles. The molecule has 3 N–H and O–H groups in total. The first-order valence-electron chi connectivity index (χ1n) is 12.9. The molecule has 2 amide bonds. The highest BCUT2D eigenvalue weighted by Gasteiger charge is 2.28. The largest absolute Gasteiger partial charge is 0.369 e. The predicted molar refractivity (Wildman–Crippen MR) is 154 cm³/mol. The number of hydrogen-bond acceptors (Lipinski definition) is 5. The van der Waals surface area contributed by atoms with Crippen molar-refractivity contribution in [3.63, 3.8) is 0 Å². The maximum absolute atomic E-state index is 13.3. The van der Waals surface area contributed by atoms with Crippen LogP contribution in [0.4, 0.5) is 17.1 Å². The zero-order chi connectivity index (χ0) is 26.5. The molecule has 2 aliphatic rings. The minimum atomic E-state index is -0.327. The van der Waals surface area contributed by atoms with Gasteiger partial charge in [-0.25, -0.2) is 0 Å². The van der Waals surface area contributed by atoms with Gasteiger partial charge < -0.3 is 25.8 Å². The molecule has 3 aromatic carbocycles. The number of fused-ring (bicyclic) bond motifs is 1. The normalized spacial score (nSPS) is 16.2. The number of nitrogens with zero attached hydrogens (tertiary/aromatic N) is 2. The molecule has 0 aliphatic carbocycles. The van der Waals surface area contributed by atoms with Gasteiger partial charge in [-0.05, 0) is 55.9 Å². The quantitative estimate of drug-likeness (QED) is 0.363. The number of anilines is 3. The van der Waals surface area contributed by atoms with Crippen LogP contribution in [0.1, 0.15) is 23.6 Å². The second kappa shape index (κ2) is 11.2. The van der Waals surface area contributed by atoms with Crippen LogP contribution < -0.4 is 20.9 Å². The van der Waals surface area contributed by atoms with Crippen LogP contribution in [0, 0.1) is 11.8 Å². The minimum Gasteiger partial charge on any atom is -0.369 e. The maximum Gasteiger partial charge on any atom is 0.296 e. The Hall–Kier alpha value is -4.54. The third kappa shape index (κ3) is 5.56. The molecule has 0 atom stereocenters. The molecule has 3 aromatic rings. The molecule has 0 aromatic heterocycles. The van der Waals surface area contributed by atoms with Gasteiger partial charge >= 0.3 is 0 Å². The van der Waals surface area contributed by atoms with Gasteiger partial charge in [0.15, 0.2) is 0 Å². The van der Waals surface area contributed by atoms with Crippen LogP contribution in [0.25, 0.3) is 11.3 Å². The monoisotopic (exact) mass is 505 g/mol. The van der Waals surface area contributed by atoms with Crippen LogP contribution in [-0.4, -0.2) is 56.5 Å². The van der Waals surface area contributed by atoms with Gasteiger partial charge in [0.05, 0.1) is 17.0 Å². The Balaban J connectivity index is 1.47. The lowest BCUT2D eigenvalue weighted by Gasteiger charge is -2.34. The van der Waals surface area contributed by atoms with Gasteiger partial charge in [-0.1, -0.05) is 42.3 Å². The molecule has 0 unspecified atom stereocenters. The molecular weight excluding hydrogens is 474 g/mol. The fraction of sp³-hybridized carbons (Fsp3) is 0.226. The summed E-state index contributed by atoms with van der Waals surface area (Å²) in [7, 11) is 2.15. The number of carbonyl (C=O) groups is 2. The number of carbonyl (C=O) groups excluding carboxylic acids is 2. The molecule has 192 valence electrons. The first-order chi connectivity index (χ1) is 18.5. The lowest BCUT2D eigenvalue weighted by Crippen LogP contribution is -2.44. The van der Waals surface area contributed by atoms with Gasteiger partial charge in [-0.15, -0.1) is 0 Å². The summed E-state index contributed by atoms with van der Waals surface area (Å²) >= 11 is 0. The summed E-state index contributed by atoms with van der Waals surface area (Å²) in [5.74, 6) is 4.94. The number of nitrogens with one attached hydrogen (secondary N) is 3. The van der Waals surface area contributed by atoms with Crippen LogP contribution in [0.15, 0.2) is 72.8 Å². The summed E-state index contributed by atoms with van der Waals surface area (Å²) in [6.07, 6.45) is 0. The highest BCUT2D eigenvalue weighted by molar-refractivity contribution is 6.37. The van der Waals surface area contributed by atoms with Gasteiger partial charge in [0.1, 0.15) is 0 Å². The first-order valence-corrected chi connectivity index (χ1v) is 12.9. The van der Waals surface area contributed by atoms with Crippen LogP contribution in [0.3, 0.4) is 0 Å². The van der Waals surface area contributed by atoms with Crippen molar-refractivity contribution < 1.29 is 9.59 Å². The molecule has 2 heterocycles. The van der Waals surface area contributed by atoms with E-state index in [4.69, 9.17) is 0 Å². The Morgan fingerprint density at radius 2 is 1.71 bits per heavy atom. The number of hydrogen-bond donors (Lipinski definition) is 3. The Morgan fingerprint density at radius 3 is 2.42 bits per heavy atom. The van der Waals surface area contributed by atoms with E-state index in [-0.39, 0.29) is 11.8 Å². The molecule has 38 heavy (non-hydrogen) atoms. The van der Waals surface area contributed by atoms with Crippen molar-refractivity contribution >= 4 is 40.1 Å². The Kier molecular flexibility index (Phi) is 7.43. The average molecular weight is 506 g/mol. The van der Waals surface area contributed by atoms with Gasteiger partial charge in [-0.3, -0.25) is 9.59 Å². The summed E-state index contributed by atoms with van der Waals surface area (Å²) in [6.45, 7) is 6.49. The van der Waals surface area contributed by atoms with E-state index in [1.807, 2.05) is 49.4 Å². The van der Waals surface area contributed by atoms with Crippen LogP contribution in [0.2, 0.25) is 0 Å². The summed E-state index contributed by atoms with van der Waals surface area (Å²) in [5, 5.41) is 9.16. The fourth-order valence-electron chi connectivity index (χ4n) is 4.68. The molecule has 1 saturated heterocycles. The van der Waals surface area contributed by atoms with Crippen LogP contribution in [0.5, 0.6) is 0 Å². The highest BCUT2D eigenvalue weighted by atomic mass is 16.2. The van der Waals surface area contributed by atoms with E-state index in [1.165, 1.54) is 5.69 Å². The zero-order valence-corrected chi connectivity index (χ0v) is 21.7. The van der Waals surface area contributed by atoms with Crippen molar-refractivity contribution in [1.82, 2.24) is 10.2 Å². The second-order valence-corrected chi connectivity index (χ2v) is 9.40. The van der Waals surface area contributed by atoms with Crippen molar-refractivity contribution in [3.8, 4) is 11.8 Å². The first kappa shape index (κ1) is 25.1. The zero-order valence-electron chi connectivity index (χ0n) is 21.7. The Bertz CT molecular complexity index is 1430. The van der Waals surface area contributed by atoms with Crippen molar-refractivity contribution in [2.75, 3.05) is 55.3 Å². The number of benzene rings is 3. The molecular formula is C31H31N5O2. The molecule has 7 nitrogen and oxygen atoms in total. The van der Waals surface area contributed by atoms with E-state index >= 15 is 0 Å². The smallest absolute Gasteiger partial charge is 0.296 e. The molecule has 7 heteroatoms. The van der Waals surface area contributed by atoms with Gasteiger partial charge in [0.25, 0.3) is 11.8 Å². The number of amides is 2. The van der Waals surface area contributed by atoms with Crippen molar-refractivity contribution in [3.05, 3.63) is 89.5 Å². The lowest BCUT2D eigenvalue weighted by molar-refractivity contribution is -0.115. The van der Waals surface area contributed by atoms with Gasteiger partial charge in [0.2, 0.25) is 0 Å². The lowest BCUT2D eigenvalue weighted by atomic mass is 9.99. The summed E-state index contributed by atoms with van der Waals surface area (Å²) in [5.41, 5.74) is 6.43. The van der Waals surface area contributed by atoms with E-state index in [0.717, 1.165) is 48.7 Å². The number of likely N-dealkylation sites (N-methyl/N-ethyl adjacent to an activating group) is 1. The fourth-order valence-corrected chi connectivity index (χ4v) is 4.68. The average Bonchev–Trinajstić information content (AvgIpc) is 3.26. The SMILES string of the molecule is CCNC(=O)C#Cc1ccc2c(c1)NC(=O)C2=C(Nc1ccc(N2CCN(C)CC2)cc1)c1ccccc1. The summed E-state index contributed by atoms with van der Waals surface area (Å²) in [6, 6.07) is 23.8. The standard InChI is InChI=1S/C31H31N5O2/c1-3-32-28(37)16-10-22-9-15-26-27(21-22)34-31(38)29(26)30(23-7-5-4-6-8-23)33-24-11-13-25(14-12-24)36-19-17-35(2)18-20-36/h4-9,11-15,21,33H,3,17-20H2,1-2H3,(H,32,37)(H,34,38). The summed E-state index contributed by atoms with van der Waals surface area (Å²) < 4.78 is 0. The second-order valence-electron chi connectivity index (χ2n) is 9.40. The number of piperazine rings is 1. The highest BCUT2D eigenvalue weighted by Crippen LogP contribution is 2.38. The number of rotatable bonds is 5. The van der Waals surface area contributed by atoms with Crippen LogP contribution in [-0.2, 0) is 9.59 Å². The predicted octanol–water partition coefficient (Wildman–Crippen LogP) is 3.86. The molecule has 0 spiro atoms. The third-order valence-electron chi connectivity index (χ3n) is 6.74. The van der Waals surface area contributed by atoms with Crippen molar-refractivity contribution in [2.24, 2.45) is 0 Å². The maximum atomic E-state index is 13.3. The molecule has 0 bridgehead atoms. The van der Waals surface area contributed by atoms with E-state index in [1.54, 1.807) is 6.07 Å². The van der Waals surface area contributed by atoms with E-state index in [0.29, 0.717) is 23.4 Å².